The molecule has 2 aliphatic rings. The Labute approximate surface area is 114 Å². The summed E-state index contributed by atoms with van der Waals surface area (Å²) in [6, 6.07) is 4.13. The number of hydrogen-bond acceptors (Lipinski definition) is 4. The van der Waals surface area contributed by atoms with Gasteiger partial charge in [0.15, 0.2) is 5.41 Å². The molecule has 6 heteroatoms. The third-order valence-corrected chi connectivity index (χ3v) is 4.95. The number of fused-ring (bicyclic) bond motifs is 2. The van der Waals surface area contributed by atoms with E-state index in [9.17, 15) is 15.3 Å². The lowest BCUT2D eigenvalue weighted by atomic mass is 9.57. The molecule has 2 bridgehead atoms. The van der Waals surface area contributed by atoms with Crippen LogP contribution >= 0.6 is 15.9 Å². The van der Waals surface area contributed by atoms with Crippen molar-refractivity contribution in [3.8, 4) is 12.1 Å². The lowest BCUT2D eigenvalue weighted by Gasteiger charge is -2.44. The molecule has 2 aliphatic heterocycles. The minimum absolute atomic E-state index is 0.181. The SMILES string of the molecule is CCC1(CC)C2NC(=O)C1(C#N)C(C#N)=C(Br)N2. The van der Waals surface area contributed by atoms with Gasteiger partial charge in [0, 0.05) is 5.41 Å². The monoisotopic (exact) mass is 308 g/mol. The summed E-state index contributed by atoms with van der Waals surface area (Å²) < 4.78 is 0.437. The van der Waals surface area contributed by atoms with E-state index in [-0.39, 0.29) is 17.6 Å². The molecule has 0 saturated carbocycles. The second-order valence-electron chi connectivity index (χ2n) is 4.58. The van der Waals surface area contributed by atoms with E-state index in [4.69, 9.17) is 0 Å². The van der Waals surface area contributed by atoms with Gasteiger partial charge in [-0.15, -0.1) is 0 Å². The van der Waals surface area contributed by atoms with Crippen molar-refractivity contribution in [3.63, 3.8) is 0 Å². The van der Waals surface area contributed by atoms with Gasteiger partial charge in [0.1, 0.15) is 6.17 Å². The van der Waals surface area contributed by atoms with Crippen molar-refractivity contribution in [3.05, 3.63) is 10.2 Å². The van der Waals surface area contributed by atoms with E-state index in [0.29, 0.717) is 17.4 Å². The van der Waals surface area contributed by atoms with Crippen LogP contribution in [0.1, 0.15) is 26.7 Å². The minimum Gasteiger partial charge on any atom is -0.358 e. The van der Waals surface area contributed by atoms with Gasteiger partial charge in [-0.25, -0.2) is 0 Å². The molecule has 0 radical (unpaired) electrons. The first-order valence-corrected chi connectivity index (χ1v) is 6.62. The van der Waals surface area contributed by atoms with E-state index in [1.165, 1.54) is 0 Å². The second-order valence-corrected chi connectivity index (χ2v) is 5.37. The number of halogens is 1. The molecule has 2 atom stereocenters. The van der Waals surface area contributed by atoms with Crippen molar-refractivity contribution in [1.29, 1.82) is 10.5 Å². The van der Waals surface area contributed by atoms with Crippen molar-refractivity contribution in [1.82, 2.24) is 10.6 Å². The normalized spacial score (nSPS) is 32.3. The Morgan fingerprint density at radius 3 is 2.39 bits per heavy atom. The van der Waals surface area contributed by atoms with Crippen molar-refractivity contribution in [2.45, 2.75) is 32.9 Å². The van der Waals surface area contributed by atoms with Gasteiger partial charge in [0.25, 0.3) is 0 Å². The molecule has 1 amide bonds. The molecule has 94 valence electrons. The lowest BCUT2D eigenvalue weighted by molar-refractivity contribution is -0.125. The number of hydrogen-bond donors (Lipinski definition) is 2. The third kappa shape index (κ3) is 1.12. The second kappa shape index (κ2) is 4.00. The zero-order valence-electron chi connectivity index (χ0n) is 10.2. The maximum Gasteiger partial charge on any atom is 0.248 e. The predicted molar refractivity (Wildman–Crippen MR) is 67.7 cm³/mol. The molecule has 1 fully saturated rings. The molecular weight excluding hydrogens is 296 g/mol. The molecule has 18 heavy (non-hydrogen) atoms. The highest BCUT2D eigenvalue weighted by Gasteiger charge is 2.69. The number of nitriles is 2. The van der Waals surface area contributed by atoms with Gasteiger partial charge in [-0.3, -0.25) is 4.79 Å². The average Bonchev–Trinajstić information content (AvgIpc) is 2.53. The van der Waals surface area contributed by atoms with Gasteiger partial charge in [0.05, 0.1) is 22.3 Å². The number of nitrogens with one attached hydrogen (secondary N) is 2. The summed E-state index contributed by atoms with van der Waals surface area (Å²) in [5.41, 5.74) is -1.79. The molecule has 2 unspecified atom stereocenters. The lowest BCUT2D eigenvalue weighted by Crippen LogP contribution is -2.55. The van der Waals surface area contributed by atoms with E-state index in [2.05, 4.69) is 32.6 Å². The average molecular weight is 309 g/mol. The maximum atomic E-state index is 12.3. The first kappa shape index (κ1) is 12.9. The summed E-state index contributed by atoms with van der Waals surface area (Å²) in [7, 11) is 0. The van der Waals surface area contributed by atoms with Gasteiger partial charge in [-0.1, -0.05) is 13.8 Å². The summed E-state index contributed by atoms with van der Waals surface area (Å²) >= 11 is 3.25. The quantitative estimate of drug-likeness (QED) is 0.756. The third-order valence-electron chi connectivity index (χ3n) is 4.32. The van der Waals surface area contributed by atoms with Crippen LogP contribution in [-0.4, -0.2) is 12.1 Å². The fourth-order valence-corrected chi connectivity index (χ4v) is 3.87. The van der Waals surface area contributed by atoms with Gasteiger partial charge < -0.3 is 10.6 Å². The standard InChI is InChI=1S/C12H13BrN4O/c1-3-11(4-2)9-16-8(13)7(5-14)12(11,6-15)10(18)17-9/h9,16H,3-4H2,1-2H3,(H,17,18). The van der Waals surface area contributed by atoms with Crippen LogP contribution in [-0.2, 0) is 4.79 Å². The smallest absolute Gasteiger partial charge is 0.248 e. The Balaban J connectivity index is 2.81. The van der Waals surface area contributed by atoms with E-state index in [1.54, 1.807) is 0 Å². The first-order valence-electron chi connectivity index (χ1n) is 5.83. The zero-order chi connectivity index (χ0) is 13.6. The largest absolute Gasteiger partial charge is 0.358 e. The van der Waals surface area contributed by atoms with Crippen LogP contribution in [0.15, 0.2) is 10.2 Å². The van der Waals surface area contributed by atoms with Crippen LogP contribution in [0.4, 0.5) is 0 Å². The highest BCUT2D eigenvalue weighted by Crippen LogP contribution is 2.58. The molecule has 0 spiro atoms. The number of amides is 1. The zero-order valence-corrected chi connectivity index (χ0v) is 11.8. The molecule has 2 rings (SSSR count). The van der Waals surface area contributed by atoms with Crippen LogP contribution in [0.5, 0.6) is 0 Å². The van der Waals surface area contributed by atoms with Gasteiger partial charge >= 0.3 is 0 Å². The molecule has 0 aromatic heterocycles. The summed E-state index contributed by atoms with van der Waals surface area (Å²) in [5, 5.41) is 24.8. The highest BCUT2D eigenvalue weighted by molar-refractivity contribution is 9.11. The fraction of sp³-hybridized carbons (Fsp3) is 0.583. The molecule has 5 nitrogen and oxygen atoms in total. The summed E-state index contributed by atoms with van der Waals surface area (Å²) in [6.45, 7) is 3.89. The van der Waals surface area contributed by atoms with Crippen LogP contribution in [0.2, 0.25) is 0 Å². The molecule has 0 aromatic carbocycles. The van der Waals surface area contributed by atoms with Crippen molar-refractivity contribution >= 4 is 21.8 Å². The Morgan fingerprint density at radius 1 is 1.33 bits per heavy atom. The van der Waals surface area contributed by atoms with E-state index in [1.807, 2.05) is 19.9 Å². The van der Waals surface area contributed by atoms with E-state index >= 15 is 0 Å². The predicted octanol–water partition coefficient (Wildman–Crippen LogP) is 1.49. The Morgan fingerprint density at radius 2 is 1.94 bits per heavy atom. The summed E-state index contributed by atoms with van der Waals surface area (Å²) in [4.78, 5) is 12.3. The van der Waals surface area contributed by atoms with Crippen LogP contribution < -0.4 is 10.6 Å². The number of carbonyl (C=O) groups is 1. The number of rotatable bonds is 2. The molecule has 0 aliphatic carbocycles. The molecule has 0 aromatic rings. The Hall–Kier alpha value is -1.53. The number of nitrogens with zero attached hydrogens (tertiary/aromatic N) is 2. The van der Waals surface area contributed by atoms with Gasteiger partial charge in [0.2, 0.25) is 5.91 Å². The van der Waals surface area contributed by atoms with Crippen LogP contribution in [0.25, 0.3) is 0 Å². The van der Waals surface area contributed by atoms with Crippen molar-refractivity contribution < 1.29 is 4.79 Å². The van der Waals surface area contributed by atoms with Crippen LogP contribution in [0.3, 0.4) is 0 Å². The minimum atomic E-state index is -1.39. The molecule has 2 heterocycles. The summed E-state index contributed by atoms with van der Waals surface area (Å²) in [6.07, 6.45) is 0.962. The Bertz CT molecular complexity index is 523. The molecule has 2 N–H and O–H groups in total. The maximum absolute atomic E-state index is 12.3. The van der Waals surface area contributed by atoms with Gasteiger partial charge in [-0.05, 0) is 28.8 Å². The molecule has 1 saturated heterocycles. The van der Waals surface area contributed by atoms with E-state index in [0.717, 1.165) is 0 Å². The number of carbonyl (C=O) groups excluding carboxylic acids is 1. The topological polar surface area (TPSA) is 88.7 Å². The Kier molecular flexibility index (Phi) is 2.87. The van der Waals surface area contributed by atoms with E-state index < -0.39 is 10.8 Å². The van der Waals surface area contributed by atoms with Gasteiger partial charge in [-0.2, -0.15) is 10.5 Å². The summed E-state index contributed by atoms with van der Waals surface area (Å²) in [5.74, 6) is -0.378. The van der Waals surface area contributed by atoms with Crippen molar-refractivity contribution in [2.75, 3.05) is 0 Å². The highest BCUT2D eigenvalue weighted by atomic mass is 79.9. The molecular formula is C12H13BrN4O. The van der Waals surface area contributed by atoms with Crippen LogP contribution in [0, 0.1) is 33.5 Å². The first-order chi connectivity index (χ1) is 8.53. The fourth-order valence-electron chi connectivity index (χ4n) is 3.26. The van der Waals surface area contributed by atoms with Crippen molar-refractivity contribution in [2.24, 2.45) is 10.8 Å².